The van der Waals surface area contributed by atoms with Gasteiger partial charge >= 0.3 is 0 Å². The molecule has 0 saturated carbocycles. The number of nitrogens with zero attached hydrogens (tertiary/aromatic N) is 1. The van der Waals surface area contributed by atoms with Crippen molar-refractivity contribution in [2.45, 2.75) is 6.54 Å². The lowest BCUT2D eigenvalue weighted by Crippen LogP contribution is -2.17. The van der Waals surface area contributed by atoms with Crippen molar-refractivity contribution in [1.29, 1.82) is 0 Å². The van der Waals surface area contributed by atoms with E-state index in [-0.39, 0.29) is 5.56 Å². The summed E-state index contributed by atoms with van der Waals surface area (Å²) in [4.78, 5) is 14.2. The standard InChI is InChI=1S/C16H16BrFN2O/c1-20(2)10-11-5-3-4-6-15(11)19-16(21)13-9-12(17)7-8-14(13)18/h3-9H,10H2,1-2H3,(H,19,21). The zero-order chi connectivity index (χ0) is 15.4. The predicted molar refractivity (Wildman–Crippen MR) is 85.9 cm³/mol. The lowest BCUT2D eigenvalue weighted by atomic mass is 10.1. The Hall–Kier alpha value is -1.72. The van der Waals surface area contributed by atoms with Gasteiger partial charge in [-0.3, -0.25) is 4.79 Å². The first kappa shape index (κ1) is 15.7. The lowest BCUT2D eigenvalue weighted by Gasteiger charge is -2.15. The highest BCUT2D eigenvalue weighted by molar-refractivity contribution is 9.10. The van der Waals surface area contributed by atoms with Gasteiger partial charge in [-0.25, -0.2) is 4.39 Å². The number of nitrogens with one attached hydrogen (secondary N) is 1. The summed E-state index contributed by atoms with van der Waals surface area (Å²) in [6, 6.07) is 11.8. The van der Waals surface area contributed by atoms with Crippen molar-refractivity contribution in [3.05, 3.63) is 63.9 Å². The number of para-hydroxylation sites is 1. The fraction of sp³-hybridized carbons (Fsp3) is 0.188. The van der Waals surface area contributed by atoms with E-state index < -0.39 is 11.7 Å². The van der Waals surface area contributed by atoms with Crippen LogP contribution in [-0.2, 0) is 6.54 Å². The molecular formula is C16H16BrFN2O. The summed E-state index contributed by atoms with van der Waals surface area (Å²) in [5.74, 6) is -0.999. The summed E-state index contributed by atoms with van der Waals surface area (Å²) >= 11 is 3.24. The summed E-state index contributed by atoms with van der Waals surface area (Å²) in [6.07, 6.45) is 0. The van der Waals surface area contributed by atoms with Gasteiger partial charge in [0.1, 0.15) is 5.82 Å². The molecule has 0 aliphatic carbocycles. The highest BCUT2D eigenvalue weighted by atomic mass is 79.9. The van der Waals surface area contributed by atoms with Crippen LogP contribution >= 0.6 is 15.9 Å². The maximum Gasteiger partial charge on any atom is 0.258 e. The van der Waals surface area contributed by atoms with E-state index in [9.17, 15) is 9.18 Å². The second-order valence-electron chi connectivity index (χ2n) is 4.97. The molecule has 0 radical (unpaired) electrons. The number of hydrogen-bond donors (Lipinski definition) is 1. The first-order valence-electron chi connectivity index (χ1n) is 6.46. The van der Waals surface area contributed by atoms with Crippen LogP contribution in [0.2, 0.25) is 0 Å². The van der Waals surface area contributed by atoms with Crippen LogP contribution in [0.25, 0.3) is 0 Å². The molecule has 0 fully saturated rings. The maximum atomic E-state index is 13.7. The Balaban J connectivity index is 2.25. The summed E-state index contributed by atoms with van der Waals surface area (Å²) in [5, 5.41) is 2.77. The molecule has 0 saturated heterocycles. The highest BCUT2D eigenvalue weighted by Gasteiger charge is 2.14. The normalized spacial score (nSPS) is 10.7. The Morgan fingerprint density at radius 1 is 1.24 bits per heavy atom. The zero-order valence-corrected chi connectivity index (χ0v) is 13.4. The van der Waals surface area contributed by atoms with E-state index in [1.807, 2.05) is 43.3 Å². The average Bonchev–Trinajstić information content (AvgIpc) is 2.43. The quantitative estimate of drug-likeness (QED) is 0.906. The molecule has 3 nitrogen and oxygen atoms in total. The maximum absolute atomic E-state index is 13.7. The molecule has 0 bridgehead atoms. The third-order valence-electron chi connectivity index (χ3n) is 2.93. The molecular weight excluding hydrogens is 335 g/mol. The number of hydrogen-bond acceptors (Lipinski definition) is 2. The predicted octanol–water partition coefficient (Wildman–Crippen LogP) is 3.90. The topological polar surface area (TPSA) is 32.3 Å². The van der Waals surface area contributed by atoms with Crippen molar-refractivity contribution in [1.82, 2.24) is 4.90 Å². The monoisotopic (exact) mass is 350 g/mol. The molecule has 2 rings (SSSR count). The minimum absolute atomic E-state index is 0.0176. The van der Waals surface area contributed by atoms with E-state index in [0.717, 1.165) is 5.56 Å². The molecule has 21 heavy (non-hydrogen) atoms. The van der Waals surface area contributed by atoms with Gasteiger partial charge in [-0.1, -0.05) is 34.1 Å². The first-order valence-corrected chi connectivity index (χ1v) is 7.25. The van der Waals surface area contributed by atoms with E-state index in [4.69, 9.17) is 0 Å². The minimum Gasteiger partial charge on any atom is -0.322 e. The SMILES string of the molecule is CN(C)Cc1ccccc1NC(=O)c1cc(Br)ccc1F. The van der Waals surface area contributed by atoms with Crippen LogP contribution < -0.4 is 5.32 Å². The van der Waals surface area contributed by atoms with Crippen molar-refractivity contribution in [3.63, 3.8) is 0 Å². The molecule has 0 aliphatic heterocycles. The Morgan fingerprint density at radius 3 is 2.67 bits per heavy atom. The van der Waals surface area contributed by atoms with E-state index in [1.54, 1.807) is 6.07 Å². The molecule has 0 aromatic heterocycles. The Bertz CT molecular complexity index is 658. The lowest BCUT2D eigenvalue weighted by molar-refractivity contribution is 0.102. The summed E-state index contributed by atoms with van der Waals surface area (Å²) < 4.78 is 14.4. The largest absolute Gasteiger partial charge is 0.322 e. The third kappa shape index (κ3) is 4.12. The number of carbonyl (C=O) groups is 1. The van der Waals surface area contributed by atoms with Gasteiger partial charge in [0.05, 0.1) is 5.56 Å². The second-order valence-corrected chi connectivity index (χ2v) is 5.89. The van der Waals surface area contributed by atoms with Crippen LogP contribution in [0.4, 0.5) is 10.1 Å². The molecule has 1 amide bonds. The highest BCUT2D eigenvalue weighted by Crippen LogP contribution is 2.20. The minimum atomic E-state index is -0.541. The fourth-order valence-corrected chi connectivity index (χ4v) is 2.34. The van der Waals surface area contributed by atoms with Gasteiger partial charge in [0, 0.05) is 16.7 Å². The Kier molecular flexibility index (Phi) is 5.09. The molecule has 110 valence electrons. The Morgan fingerprint density at radius 2 is 1.95 bits per heavy atom. The smallest absolute Gasteiger partial charge is 0.258 e. The number of rotatable bonds is 4. The van der Waals surface area contributed by atoms with Gasteiger partial charge in [-0.2, -0.15) is 0 Å². The molecule has 0 atom stereocenters. The molecule has 0 unspecified atom stereocenters. The van der Waals surface area contributed by atoms with Crippen LogP contribution in [-0.4, -0.2) is 24.9 Å². The number of anilines is 1. The van der Waals surface area contributed by atoms with E-state index in [1.165, 1.54) is 12.1 Å². The van der Waals surface area contributed by atoms with Crippen LogP contribution in [0.15, 0.2) is 46.9 Å². The van der Waals surface area contributed by atoms with Crippen molar-refractivity contribution < 1.29 is 9.18 Å². The average molecular weight is 351 g/mol. The van der Waals surface area contributed by atoms with E-state index in [0.29, 0.717) is 16.7 Å². The molecule has 2 aromatic carbocycles. The number of amides is 1. The van der Waals surface area contributed by atoms with E-state index >= 15 is 0 Å². The molecule has 0 heterocycles. The molecule has 0 spiro atoms. The Labute approximate surface area is 131 Å². The number of halogens is 2. The summed E-state index contributed by atoms with van der Waals surface area (Å²) in [7, 11) is 3.90. The van der Waals surface area contributed by atoms with Crippen molar-refractivity contribution in [3.8, 4) is 0 Å². The second kappa shape index (κ2) is 6.83. The first-order chi connectivity index (χ1) is 9.97. The van der Waals surface area contributed by atoms with Gasteiger partial charge in [0.2, 0.25) is 0 Å². The summed E-state index contributed by atoms with van der Waals surface area (Å²) in [6.45, 7) is 0.692. The number of carbonyl (C=O) groups excluding carboxylic acids is 1. The van der Waals surface area contributed by atoms with Gasteiger partial charge < -0.3 is 10.2 Å². The van der Waals surface area contributed by atoms with Crippen molar-refractivity contribution >= 4 is 27.5 Å². The summed E-state index contributed by atoms with van der Waals surface area (Å²) in [5.41, 5.74) is 1.69. The number of benzene rings is 2. The van der Waals surface area contributed by atoms with Crippen molar-refractivity contribution in [2.75, 3.05) is 19.4 Å². The fourth-order valence-electron chi connectivity index (χ4n) is 1.98. The van der Waals surface area contributed by atoms with Crippen LogP contribution in [0.5, 0.6) is 0 Å². The van der Waals surface area contributed by atoms with Gasteiger partial charge in [0.15, 0.2) is 0 Å². The van der Waals surface area contributed by atoms with Gasteiger partial charge in [0.25, 0.3) is 5.91 Å². The zero-order valence-electron chi connectivity index (χ0n) is 11.9. The molecule has 0 aliphatic rings. The third-order valence-corrected chi connectivity index (χ3v) is 3.42. The van der Waals surface area contributed by atoms with Crippen molar-refractivity contribution in [2.24, 2.45) is 0 Å². The van der Waals surface area contributed by atoms with E-state index in [2.05, 4.69) is 21.2 Å². The molecule has 1 N–H and O–H groups in total. The van der Waals surface area contributed by atoms with Crippen LogP contribution in [0.1, 0.15) is 15.9 Å². The van der Waals surface area contributed by atoms with Gasteiger partial charge in [-0.05, 0) is 43.9 Å². The molecule has 5 heteroatoms. The van der Waals surface area contributed by atoms with Gasteiger partial charge in [-0.15, -0.1) is 0 Å². The van der Waals surface area contributed by atoms with Crippen LogP contribution in [0.3, 0.4) is 0 Å². The molecule has 2 aromatic rings. The van der Waals surface area contributed by atoms with Crippen LogP contribution in [0, 0.1) is 5.82 Å².